The van der Waals surface area contributed by atoms with E-state index < -0.39 is 0 Å². The first-order valence-corrected chi connectivity index (χ1v) is 8.76. The molecule has 3 aromatic rings. The summed E-state index contributed by atoms with van der Waals surface area (Å²) in [5.41, 5.74) is 3.77. The number of aryl methyl sites for hydroxylation is 1. The maximum absolute atomic E-state index is 5.94. The molecule has 0 aliphatic carbocycles. The summed E-state index contributed by atoms with van der Waals surface area (Å²) in [7, 11) is 0. The van der Waals surface area contributed by atoms with Crippen molar-refractivity contribution in [3.8, 4) is 0 Å². The van der Waals surface area contributed by atoms with Crippen LogP contribution in [-0.2, 0) is 13.0 Å². The summed E-state index contributed by atoms with van der Waals surface area (Å²) in [6, 6.07) is 18.3. The zero-order valence-corrected chi connectivity index (χ0v) is 14.8. The van der Waals surface area contributed by atoms with E-state index in [9.17, 15) is 0 Å². The minimum Gasteiger partial charge on any atom is -0.366 e. The molecule has 126 valence electrons. The summed E-state index contributed by atoms with van der Waals surface area (Å²) in [5, 5.41) is 4.14. The minimum absolute atomic E-state index is 0.698. The van der Waals surface area contributed by atoms with Gasteiger partial charge in [-0.2, -0.15) is 0 Å². The van der Waals surface area contributed by atoms with Crippen molar-refractivity contribution >= 4 is 28.9 Å². The number of nitrogens with zero attached hydrogens (tertiary/aromatic N) is 3. The number of anilines is 3. The Labute approximate surface area is 152 Å². The van der Waals surface area contributed by atoms with Gasteiger partial charge < -0.3 is 10.2 Å². The van der Waals surface area contributed by atoms with Crippen molar-refractivity contribution in [2.45, 2.75) is 19.9 Å². The molecule has 0 spiro atoms. The fraction of sp³-hybridized carbons (Fsp3) is 0.200. The van der Waals surface area contributed by atoms with Gasteiger partial charge in [0, 0.05) is 29.9 Å². The summed E-state index contributed by atoms with van der Waals surface area (Å²) in [4.78, 5) is 11.4. The normalized spacial score (nSPS) is 13.0. The summed E-state index contributed by atoms with van der Waals surface area (Å²) in [5.74, 6) is 2.54. The molecular formula is C20H19ClN4. The Morgan fingerprint density at radius 2 is 1.88 bits per heavy atom. The fourth-order valence-electron chi connectivity index (χ4n) is 3.15. The quantitative estimate of drug-likeness (QED) is 0.737. The number of fused-ring (bicyclic) bond motifs is 1. The molecule has 1 N–H and O–H groups in total. The van der Waals surface area contributed by atoms with Crippen LogP contribution in [0, 0.1) is 6.92 Å². The Balaban J connectivity index is 1.56. The second-order valence-electron chi connectivity index (χ2n) is 6.17. The number of para-hydroxylation sites is 1. The van der Waals surface area contributed by atoms with Gasteiger partial charge in [0.05, 0.1) is 0 Å². The first kappa shape index (κ1) is 15.9. The molecule has 0 fully saturated rings. The second-order valence-corrected chi connectivity index (χ2v) is 6.61. The number of hydrogen-bond acceptors (Lipinski definition) is 4. The Morgan fingerprint density at radius 3 is 2.72 bits per heavy atom. The van der Waals surface area contributed by atoms with Crippen LogP contribution in [0.15, 0.2) is 54.6 Å². The lowest BCUT2D eigenvalue weighted by molar-refractivity contribution is 0.941. The maximum Gasteiger partial charge on any atom is 0.138 e. The number of rotatable bonds is 4. The van der Waals surface area contributed by atoms with Crippen LogP contribution in [-0.4, -0.2) is 16.5 Å². The third-order valence-electron chi connectivity index (χ3n) is 4.38. The Kier molecular flexibility index (Phi) is 4.28. The van der Waals surface area contributed by atoms with Gasteiger partial charge >= 0.3 is 0 Å². The molecule has 1 aliphatic rings. The van der Waals surface area contributed by atoms with Gasteiger partial charge in [-0.15, -0.1) is 0 Å². The molecule has 0 amide bonds. The molecule has 0 atom stereocenters. The number of halogens is 1. The predicted octanol–water partition coefficient (Wildman–Crippen LogP) is 4.74. The smallest absolute Gasteiger partial charge is 0.138 e. The number of nitrogens with one attached hydrogen (secondary N) is 1. The average molecular weight is 351 g/mol. The van der Waals surface area contributed by atoms with E-state index in [2.05, 4.69) is 44.5 Å². The van der Waals surface area contributed by atoms with Crippen LogP contribution in [0.2, 0.25) is 5.02 Å². The van der Waals surface area contributed by atoms with E-state index in [4.69, 9.17) is 11.6 Å². The molecule has 4 nitrogen and oxygen atoms in total. The SMILES string of the molecule is Cc1nc(NCc2ccc(Cl)cc2)cc(N2CCc3ccccc32)n1. The predicted molar refractivity (Wildman–Crippen MR) is 103 cm³/mol. The topological polar surface area (TPSA) is 41.1 Å². The van der Waals surface area contributed by atoms with Crippen LogP contribution < -0.4 is 10.2 Å². The van der Waals surface area contributed by atoms with Gasteiger partial charge in [0.1, 0.15) is 17.5 Å². The average Bonchev–Trinajstić information content (AvgIpc) is 3.05. The summed E-state index contributed by atoms with van der Waals surface area (Å²) in [6.45, 7) is 3.58. The highest BCUT2D eigenvalue weighted by atomic mass is 35.5. The van der Waals surface area contributed by atoms with Crippen molar-refractivity contribution in [2.75, 3.05) is 16.8 Å². The fourth-order valence-corrected chi connectivity index (χ4v) is 3.28. The second kappa shape index (κ2) is 6.73. The zero-order valence-electron chi connectivity index (χ0n) is 14.0. The lowest BCUT2D eigenvalue weighted by atomic mass is 10.2. The number of hydrogen-bond donors (Lipinski definition) is 1. The summed E-state index contributed by atoms with van der Waals surface area (Å²) < 4.78 is 0. The molecule has 5 heteroatoms. The van der Waals surface area contributed by atoms with Crippen LogP contribution >= 0.6 is 11.6 Å². The van der Waals surface area contributed by atoms with Gasteiger partial charge in [-0.25, -0.2) is 9.97 Å². The van der Waals surface area contributed by atoms with Gasteiger partial charge in [-0.05, 0) is 42.7 Å². The molecule has 4 rings (SSSR count). The van der Waals surface area contributed by atoms with Gasteiger partial charge in [-0.3, -0.25) is 0 Å². The van der Waals surface area contributed by atoms with Crippen LogP contribution in [0.25, 0.3) is 0 Å². The molecule has 0 saturated heterocycles. The molecule has 1 aromatic heterocycles. The van der Waals surface area contributed by atoms with E-state index in [1.54, 1.807) is 0 Å². The van der Waals surface area contributed by atoms with Gasteiger partial charge in [0.25, 0.3) is 0 Å². The largest absolute Gasteiger partial charge is 0.366 e. The van der Waals surface area contributed by atoms with E-state index in [1.807, 2.05) is 37.3 Å². The lowest BCUT2D eigenvalue weighted by Crippen LogP contribution is -2.16. The molecule has 0 bridgehead atoms. The van der Waals surface area contributed by atoms with Crippen LogP contribution in [0.3, 0.4) is 0 Å². The van der Waals surface area contributed by atoms with Crippen molar-refractivity contribution in [1.82, 2.24) is 9.97 Å². The van der Waals surface area contributed by atoms with Gasteiger partial charge in [-0.1, -0.05) is 41.9 Å². The monoisotopic (exact) mass is 350 g/mol. The number of benzene rings is 2. The Hall–Kier alpha value is -2.59. The zero-order chi connectivity index (χ0) is 17.2. The Bertz CT molecular complexity index is 892. The van der Waals surface area contributed by atoms with Crippen LogP contribution in [0.5, 0.6) is 0 Å². The first-order valence-electron chi connectivity index (χ1n) is 8.38. The molecule has 2 aromatic carbocycles. The molecule has 25 heavy (non-hydrogen) atoms. The van der Waals surface area contributed by atoms with Crippen molar-refractivity contribution in [3.05, 3.63) is 76.6 Å². The minimum atomic E-state index is 0.698. The standard InChI is InChI=1S/C20H19ClN4/c1-14-23-19(22-13-15-6-8-17(21)9-7-15)12-20(24-14)25-11-10-16-4-2-3-5-18(16)25/h2-9,12H,10-11,13H2,1H3,(H,22,23,24). The first-order chi connectivity index (χ1) is 12.2. The third-order valence-corrected chi connectivity index (χ3v) is 4.63. The van der Waals surface area contributed by atoms with Crippen molar-refractivity contribution < 1.29 is 0 Å². The number of aromatic nitrogens is 2. The molecule has 0 unspecified atom stereocenters. The molecule has 0 saturated carbocycles. The van der Waals surface area contributed by atoms with E-state index >= 15 is 0 Å². The highest BCUT2D eigenvalue weighted by Crippen LogP contribution is 2.33. The molecule has 2 heterocycles. The molecular weight excluding hydrogens is 332 g/mol. The van der Waals surface area contributed by atoms with Crippen molar-refractivity contribution in [1.29, 1.82) is 0 Å². The van der Waals surface area contributed by atoms with E-state index in [-0.39, 0.29) is 0 Å². The maximum atomic E-state index is 5.94. The Morgan fingerprint density at radius 1 is 1.08 bits per heavy atom. The van der Waals surface area contributed by atoms with Crippen molar-refractivity contribution in [3.63, 3.8) is 0 Å². The lowest BCUT2D eigenvalue weighted by Gasteiger charge is -2.19. The highest BCUT2D eigenvalue weighted by molar-refractivity contribution is 6.30. The third kappa shape index (κ3) is 3.44. The van der Waals surface area contributed by atoms with E-state index in [0.29, 0.717) is 6.54 Å². The molecule has 0 radical (unpaired) electrons. The van der Waals surface area contributed by atoms with E-state index in [1.165, 1.54) is 11.3 Å². The summed E-state index contributed by atoms with van der Waals surface area (Å²) in [6.07, 6.45) is 1.05. The van der Waals surface area contributed by atoms with Crippen LogP contribution in [0.4, 0.5) is 17.3 Å². The highest BCUT2D eigenvalue weighted by Gasteiger charge is 2.21. The summed E-state index contributed by atoms with van der Waals surface area (Å²) >= 11 is 5.94. The van der Waals surface area contributed by atoms with Gasteiger partial charge in [0.15, 0.2) is 0 Å². The van der Waals surface area contributed by atoms with E-state index in [0.717, 1.165) is 41.0 Å². The van der Waals surface area contributed by atoms with Gasteiger partial charge in [0.2, 0.25) is 0 Å². The van der Waals surface area contributed by atoms with Crippen molar-refractivity contribution in [2.24, 2.45) is 0 Å². The molecule has 1 aliphatic heterocycles. The van der Waals surface area contributed by atoms with Crippen LogP contribution in [0.1, 0.15) is 17.0 Å².